The van der Waals surface area contributed by atoms with E-state index in [1.54, 1.807) is 0 Å². The minimum atomic E-state index is 0.454. The molecule has 1 heteroatoms. The highest BCUT2D eigenvalue weighted by atomic mass is 14.6. The molecule has 0 spiro atoms. The Balaban J connectivity index is 3.20. The molecule has 0 fully saturated rings. The van der Waals surface area contributed by atoms with E-state index < -0.39 is 0 Å². The van der Waals surface area contributed by atoms with E-state index in [4.69, 9.17) is 5.73 Å². The minimum absolute atomic E-state index is 0.454. The summed E-state index contributed by atoms with van der Waals surface area (Å²) in [6.07, 6.45) is 35.1. The number of rotatable bonds is 24. The van der Waals surface area contributed by atoms with E-state index in [0.29, 0.717) is 6.04 Å². The molecule has 0 amide bonds. The Morgan fingerprint density at radius 3 is 1.30 bits per heavy atom. The predicted molar refractivity (Wildman–Crippen MR) is 139 cm³/mol. The zero-order valence-corrected chi connectivity index (χ0v) is 21.4. The molecule has 180 valence electrons. The van der Waals surface area contributed by atoms with E-state index in [-0.39, 0.29) is 0 Å². The van der Waals surface area contributed by atoms with Crippen LogP contribution in [-0.4, -0.2) is 6.04 Å². The van der Waals surface area contributed by atoms with Crippen LogP contribution >= 0.6 is 0 Å². The Hall–Kier alpha value is -0.300. The average Bonchev–Trinajstić information content (AvgIpc) is 2.72. The Labute approximate surface area is 192 Å². The lowest BCUT2D eigenvalue weighted by Gasteiger charge is -2.11. The SMILES string of the molecule is CCCCCCCC/C=C/CCCCCCCC(N)CCCCCCCCC(C)C. The number of nitrogens with two attached hydrogens (primary N) is 1. The Bertz CT molecular complexity index is 333. The highest BCUT2D eigenvalue weighted by Crippen LogP contribution is 2.15. The first-order chi connectivity index (χ1) is 14.7. The van der Waals surface area contributed by atoms with Crippen molar-refractivity contribution in [1.82, 2.24) is 0 Å². The fourth-order valence-corrected chi connectivity index (χ4v) is 4.29. The third-order valence-electron chi connectivity index (χ3n) is 6.44. The van der Waals surface area contributed by atoms with Crippen LogP contribution in [-0.2, 0) is 0 Å². The summed E-state index contributed by atoms with van der Waals surface area (Å²) in [6, 6.07) is 0.454. The molecule has 0 saturated carbocycles. The van der Waals surface area contributed by atoms with Crippen molar-refractivity contribution >= 4 is 0 Å². The Morgan fingerprint density at radius 2 is 0.867 bits per heavy atom. The van der Waals surface area contributed by atoms with Gasteiger partial charge in [0.1, 0.15) is 0 Å². The van der Waals surface area contributed by atoms with Gasteiger partial charge < -0.3 is 5.73 Å². The molecular formula is C29H59N. The van der Waals surface area contributed by atoms with Gasteiger partial charge in [0.15, 0.2) is 0 Å². The zero-order chi connectivity index (χ0) is 22.1. The van der Waals surface area contributed by atoms with Gasteiger partial charge in [0.25, 0.3) is 0 Å². The van der Waals surface area contributed by atoms with Crippen LogP contribution in [0.2, 0.25) is 0 Å². The van der Waals surface area contributed by atoms with E-state index in [0.717, 1.165) is 5.92 Å². The van der Waals surface area contributed by atoms with Crippen molar-refractivity contribution in [2.45, 2.75) is 168 Å². The van der Waals surface area contributed by atoms with Crippen LogP contribution in [0.15, 0.2) is 12.2 Å². The second-order valence-corrected chi connectivity index (χ2v) is 10.2. The molecule has 0 aliphatic rings. The van der Waals surface area contributed by atoms with Crippen molar-refractivity contribution in [3.63, 3.8) is 0 Å². The zero-order valence-electron chi connectivity index (χ0n) is 21.4. The van der Waals surface area contributed by atoms with Gasteiger partial charge in [-0.3, -0.25) is 0 Å². The monoisotopic (exact) mass is 421 g/mol. The normalized spacial score (nSPS) is 13.0. The molecule has 0 aromatic rings. The van der Waals surface area contributed by atoms with Gasteiger partial charge in [0, 0.05) is 6.04 Å². The third kappa shape index (κ3) is 25.7. The van der Waals surface area contributed by atoms with Crippen LogP contribution in [0.1, 0.15) is 162 Å². The Kier molecular flexibility index (Phi) is 24.7. The Morgan fingerprint density at radius 1 is 0.500 bits per heavy atom. The highest BCUT2D eigenvalue weighted by molar-refractivity contribution is 4.81. The molecule has 0 aliphatic carbocycles. The largest absolute Gasteiger partial charge is 0.328 e. The van der Waals surface area contributed by atoms with Crippen molar-refractivity contribution in [3.8, 4) is 0 Å². The smallest absolute Gasteiger partial charge is 0.00388 e. The second-order valence-electron chi connectivity index (χ2n) is 10.2. The maximum absolute atomic E-state index is 6.31. The quantitative estimate of drug-likeness (QED) is 0.122. The molecule has 0 aromatic carbocycles. The average molecular weight is 422 g/mol. The fraction of sp³-hybridized carbons (Fsp3) is 0.931. The predicted octanol–water partition coefficient (Wildman–Crippen LogP) is 10.1. The third-order valence-corrected chi connectivity index (χ3v) is 6.44. The molecule has 0 aliphatic heterocycles. The number of hydrogen-bond acceptors (Lipinski definition) is 1. The molecule has 2 N–H and O–H groups in total. The first-order valence-corrected chi connectivity index (χ1v) is 14.1. The van der Waals surface area contributed by atoms with Crippen LogP contribution in [0.25, 0.3) is 0 Å². The van der Waals surface area contributed by atoms with E-state index in [1.807, 2.05) is 0 Å². The minimum Gasteiger partial charge on any atom is -0.328 e. The standard InChI is InChI=1S/C29H59N/c1-4-5-6-7-8-9-10-11-12-13-14-15-16-20-23-26-29(30)27-24-21-18-17-19-22-25-28(2)3/h11-12,28-29H,4-10,13-27,30H2,1-3H3/b12-11+. The summed E-state index contributed by atoms with van der Waals surface area (Å²) in [5.41, 5.74) is 6.31. The summed E-state index contributed by atoms with van der Waals surface area (Å²) < 4.78 is 0. The van der Waals surface area contributed by atoms with Crippen molar-refractivity contribution in [3.05, 3.63) is 12.2 Å². The molecular weight excluding hydrogens is 362 g/mol. The van der Waals surface area contributed by atoms with E-state index >= 15 is 0 Å². The van der Waals surface area contributed by atoms with E-state index in [1.165, 1.54) is 141 Å². The molecule has 1 unspecified atom stereocenters. The number of allylic oxidation sites excluding steroid dienone is 2. The summed E-state index contributed by atoms with van der Waals surface area (Å²) in [4.78, 5) is 0. The maximum Gasteiger partial charge on any atom is 0.00388 e. The maximum atomic E-state index is 6.31. The fourth-order valence-electron chi connectivity index (χ4n) is 4.29. The molecule has 0 rings (SSSR count). The molecule has 0 heterocycles. The molecule has 0 bridgehead atoms. The van der Waals surface area contributed by atoms with Gasteiger partial charge in [-0.2, -0.15) is 0 Å². The summed E-state index contributed by atoms with van der Waals surface area (Å²) in [7, 11) is 0. The summed E-state index contributed by atoms with van der Waals surface area (Å²) >= 11 is 0. The first-order valence-electron chi connectivity index (χ1n) is 14.1. The van der Waals surface area contributed by atoms with Crippen molar-refractivity contribution in [1.29, 1.82) is 0 Å². The molecule has 0 aromatic heterocycles. The lowest BCUT2D eigenvalue weighted by atomic mass is 10.00. The topological polar surface area (TPSA) is 26.0 Å². The summed E-state index contributed by atoms with van der Waals surface area (Å²) in [5, 5.41) is 0. The van der Waals surface area contributed by atoms with Crippen molar-refractivity contribution in [2.75, 3.05) is 0 Å². The first kappa shape index (κ1) is 29.7. The molecule has 1 nitrogen and oxygen atoms in total. The highest BCUT2D eigenvalue weighted by Gasteiger charge is 2.02. The van der Waals surface area contributed by atoms with Gasteiger partial charge in [-0.05, 0) is 44.4 Å². The van der Waals surface area contributed by atoms with Crippen molar-refractivity contribution < 1.29 is 0 Å². The molecule has 0 saturated heterocycles. The van der Waals surface area contributed by atoms with Gasteiger partial charge in [-0.25, -0.2) is 0 Å². The van der Waals surface area contributed by atoms with Crippen molar-refractivity contribution in [2.24, 2.45) is 11.7 Å². The van der Waals surface area contributed by atoms with Gasteiger partial charge >= 0.3 is 0 Å². The number of unbranched alkanes of at least 4 members (excludes halogenated alkanes) is 16. The summed E-state index contributed by atoms with van der Waals surface area (Å²) in [5.74, 6) is 0.875. The van der Waals surface area contributed by atoms with Crippen LogP contribution in [0.4, 0.5) is 0 Å². The van der Waals surface area contributed by atoms with Gasteiger partial charge in [-0.1, -0.05) is 136 Å². The molecule has 30 heavy (non-hydrogen) atoms. The molecule has 1 atom stereocenters. The lowest BCUT2D eigenvalue weighted by Crippen LogP contribution is -2.19. The molecule has 0 radical (unpaired) electrons. The second kappa shape index (κ2) is 25.0. The van der Waals surface area contributed by atoms with Gasteiger partial charge in [-0.15, -0.1) is 0 Å². The van der Waals surface area contributed by atoms with Gasteiger partial charge in [0.05, 0.1) is 0 Å². The van der Waals surface area contributed by atoms with E-state index in [9.17, 15) is 0 Å². The van der Waals surface area contributed by atoms with Crippen LogP contribution < -0.4 is 5.73 Å². The van der Waals surface area contributed by atoms with E-state index in [2.05, 4.69) is 32.9 Å². The van der Waals surface area contributed by atoms with Crippen LogP contribution in [0.5, 0.6) is 0 Å². The van der Waals surface area contributed by atoms with Crippen LogP contribution in [0.3, 0.4) is 0 Å². The number of hydrogen-bond donors (Lipinski definition) is 1. The van der Waals surface area contributed by atoms with Crippen LogP contribution in [0, 0.1) is 5.92 Å². The summed E-state index contributed by atoms with van der Waals surface area (Å²) in [6.45, 7) is 6.95. The van der Waals surface area contributed by atoms with Gasteiger partial charge in [0.2, 0.25) is 0 Å². The lowest BCUT2D eigenvalue weighted by molar-refractivity contribution is 0.476.